The number of pyridine rings is 1. The first-order valence-corrected chi connectivity index (χ1v) is 7.18. The maximum Gasteiger partial charge on any atom is 0.120 e. The topological polar surface area (TPSA) is 42.4 Å². The molecule has 0 fully saturated rings. The third-order valence-electron chi connectivity index (χ3n) is 3.39. The van der Waals surface area contributed by atoms with Gasteiger partial charge in [-0.1, -0.05) is 48.5 Å². The maximum atomic E-state index is 9.06. The standard InChI is InChI=1S/C19H17NO2/c21-13-16-9-10-19(20-12-16)17-7-4-8-18(11-17)22-14-15-5-2-1-3-6-15/h1-12,21H,13-14H2. The zero-order valence-electron chi connectivity index (χ0n) is 12.1. The molecule has 3 rings (SSSR count). The summed E-state index contributed by atoms with van der Waals surface area (Å²) in [5.41, 5.74) is 3.80. The SMILES string of the molecule is OCc1ccc(-c2cccc(OCc3ccccc3)c2)nc1. The van der Waals surface area contributed by atoms with E-state index in [9.17, 15) is 0 Å². The molecule has 110 valence electrons. The number of rotatable bonds is 5. The van der Waals surface area contributed by atoms with Gasteiger partial charge in [-0.25, -0.2) is 0 Å². The van der Waals surface area contributed by atoms with Crippen molar-refractivity contribution in [3.8, 4) is 17.0 Å². The average molecular weight is 291 g/mol. The molecule has 0 atom stereocenters. The van der Waals surface area contributed by atoms with Crippen molar-refractivity contribution in [2.45, 2.75) is 13.2 Å². The van der Waals surface area contributed by atoms with Gasteiger partial charge in [0.25, 0.3) is 0 Å². The van der Waals surface area contributed by atoms with Crippen molar-refractivity contribution in [1.29, 1.82) is 0 Å². The summed E-state index contributed by atoms with van der Waals surface area (Å²) in [5, 5.41) is 9.06. The molecule has 0 saturated heterocycles. The fourth-order valence-electron chi connectivity index (χ4n) is 2.17. The molecule has 3 nitrogen and oxygen atoms in total. The van der Waals surface area contributed by atoms with E-state index in [-0.39, 0.29) is 6.61 Å². The van der Waals surface area contributed by atoms with Gasteiger partial charge in [0.1, 0.15) is 12.4 Å². The lowest BCUT2D eigenvalue weighted by Crippen LogP contribution is -1.95. The second-order valence-corrected chi connectivity index (χ2v) is 5.01. The van der Waals surface area contributed by atoms with Crippen LogP contribution in [0.5, 0.6) is 5.75 Å². The zero-order chi connectivity index (χ0) is 15.2. The summed E-state index contributed by atoms with van der Waals surface area (Å²) in [6, 6.07) is 21.7. The predicted molar refractivity (Wildman–Crippen MR) is 86.4 cm³/mol. The lowest BCUT2D eigenvalue weighted by atomic mass is 10.1. The van der Waals surface area contributed by atoms with Gasteiger partial charge < -0.3 is 9.84 Å². The Kier molecular flexibility index (Phi) is 4.47. The molecular weight excluding hydrogens is 274 g/mol. The minimum atomic E-state index is 0.00745. The van der Waals surface area contributed by atoms with Gasteiger partial charge in [0.05, 0.1) is 12.3 Å². The van der Waals surface area contributed by atoms with Crippen molar-refractivity contribution < 1.29 is 9.84 Å². The van der Waals surface area contributed by atoms with E-state index in [2.05, 4.69) is 4.98 Å². The average Bonchev–Trinajstić information content (AvgIpc) is 2.61. The summed E-state index contributed by atoms with van der Waals surface area (Å²) in [7, 11) is 0. The molecule has 0 saturated carbocycles. The van der Waals surface area contributed by atoms with Crippen LogP contribution in [0.15, 0.2) is 72.9 Å². The molecule has 0 radical (unpaired) electrons. The Balaban J connectivity index is 1.74. The summed E-state index contributed by atoms with van der Waals surface area (Å²) in [5.74, 6) is 0.814. The molecule has 3 aromatic rings. The molecule has 3 heteroatoms. The van der Waals surface area contributed by atoms with Gasteiger partial charge >= 0.3 is 0 Å². The molecule has 0 unspecified atom stereocenters. The number of aromatic nitrogens is 1. The van der Waals surface area contributed by atoms with Gasteiger partial charge in [0, 0.05) is 11.8 Å². The van der Waals surface area contributed by atoms with E-state index >= 15 is 0 Å². The number of benzene rings is 2. The first kappa shape index (κ1) is 14.3. The van der Waals surface area contributed by atoms with Crippen molar-refractivity contribution in [3.63, 3.8) is 0 Å². The fourth-order valence-corrected chi connectivity index (χ4v) is 2.17. The van der Waals surface area contributed by atoms with Crippen LogP contribution in [0.25, 0.3) is 11.3 Å². The van der Waals surface area contributed by atoms with Crippen LogP contribution < -0.4 is 4.74 Å². The smallest absolute Gasteiger partial charge is 0.120 e. The second kappa shape index (κ2) is 6.87. The number of hydrogen-bond donors (Lipinski definition) is 1. The Morgan fingerprint density at radius 1 is 0.864 bits per heavy atom. The highest BCUT2D eigenvalue weighted by atomic mass is 16.5. The van der Waals surface area contributed by atoms with Crippen molar-refractivity contribution in [2.24, 2.45) is 0 Å². The number of hydrogen-bond acceptors (Lipinski definition) is 3. The Morgan fingerprint density at radius 3 is 2.45 bits per heavy atom. The molecule has 0 aliphatic carbocycles. The zero-order valence-corrected chi connectivity index (χ0v) is 12.1. The van der Waals surface area contributed by atoms with Crippen molar-refractivity contribution in [1.82, 2.24) is 4.98 Å². The molecule has 0 spiro atoms. The summed E-state index contributed by atoms with van der Waals surface area (Å²) in [6.45, 7) is 0.550. The molecule has 0 bridgehead atoms. The lowest BCUT2D eigenvalue weighted by Gasteiger charge is -2.08. The Morgan fingerprint density at radius 2 is 1.73 bits per heavy atom. The Hall–Kier alpha value is -2.65. The second-order valence-electron chi connectivity index (χ2n) is 5.01. The molecular formula is C19H17NO2. The number of aliphatic hydroxyl groups excluding tert-OH is 1. The Labute approximate surface area is 129 Å². The highest BCUT2D eigenvalue weighted by molar-refractivity contribution is 5.61. The molecule has 1 heterocycles. The van der Waals surface area contributed by atoms with E-state index in [1.54, 1.807) is 6.20 Å². The van der Waals surface area contributed by atoms with E-state index in [4.69, 9.17) is 9.84 Å². The maximum absolute atomic E-state index is 9.06. The minimum Gasteiger partial charge on any atom is -0.489 e. The van der Waals surface area contributed by atoms with Gasteiger partial charge in [0.2, 0.25) is 0 Å². The summed E-state index contributed by atoms with van der Waals surface area (Å²) < 4.78 is 5.83. The highest BCUT2D eigenvalue weighted by Gasteiger charge is 2.02. The monoisotopic (exact) mass is 291 g/mol. The lowest BCUT2D eigenvalue weighted by molar-refractivity contribution is 0.281. The quantitative estimate of drug-likeness (QED) is 0.777. The van der Waals surface area contributed by atoms with Gasteiger partial charge in [0.15, 0.2) is 0 Å². The summed E-state index contributed by atoms with van der Waals surface area (Å²) >= 11 is 0. The van der Waals surface area contributed by atoms with Crippen LogP contribution in [-0.2, 0) is 13.2 Å². The normalized spacial score (nSPS) is 10.4. The molecule has 0 aliphatic rings. The van der Waals surface area contributed by atoms with E-state index < -0.39 is 0 Å². The van der Waals surface area contributed by atoms with Crippen LogP contribution in [0.3, 0.4) is 0 Å². The van der Waals surface area contributed by atoms with E-state index in [1.807, 2.05) is 66.7 Å². The molecule has 0 amide bonds. The third kappa shape index (κ3) is 3.51. The van der Waals surface area contributed by atoms with Crippen LogP contribution in [-0.4, -0.2) is 10.1 Å². The van der Waals surface area contributed by atoms with E-state index in [0.717, 1.165) is 28.1 Å². The number of aliphatic hydroxyl groups is 1. The van der Waals surface area contributed by atoms with Crippen molar-refractivity contribution in [2.75, 3.05) is 0 Å². The van der Waals surface area contributed by atoms with Crippen LogP contribution in [0, 0.1) is 0 Å². The first-order chi connectivity index (χ1) is 10.8. The Bertz CT molecular complexity index is 724. The highest BCUT2D eigenvalue weighted by Crippen LogP contribution is 2.23. The summed E-state index contributed by atoms with van der Waals surface area (Å²) in [6.07, 6.45) is 1.69. The molecule has 0 aliphatic heterocycles. The first-order valence-electron chi connectivity index (χ1n) is 7.18. The van der Waals surface area contributed by atoms with Crippen molar-refractivity contribution in [3.05, 3.63) is 84.1 Å². The largest absolute Gasteiger partial charge is 0.489 e. The van der Waals surface area contributed by atoms with Crippen LogP contribution >= 0.6 is 0 Å². The summed E-state index contributed by atoms with van der Waals surface area (Å²) in [4.78, 5) is 4.36. The van der Waals surface area contributed by atoms with Crippen LogP contribution in [0.2, 0.25) is 0 Å². The van der Waals surface area contributed by atoms with Crippen LogP contribution in [0.1, 0.15) is 11.1 Å². The molecule has 2 aromatic carbocycles. The van der Waals surface area contributed by atoms with Gasteiger partial charge in [-0.05, 0) is 29.3 Å². The number of ether oxygens (including phenoxy) is 1. The van der Waals surface area contributed by atoms with Crippen LogP contribution in [0.4, 0.5) is 0 Å². The molecule has 22 heavy (non-hydrogen) atoms. The third-order valence-corrected chi connectivity index (χ3v) is 3.39. The van der Waals surface area contributed by atoms with E-state index in [1.165, 1.54) is 0 Å². The van der Waals surface area contributed by atoms with Gasteiger partial charge in [-0.3, -0.25) is 4.98 Å². The van der Waals surface area contributed by atoms with Gasteiger partial charge in [-0.2, -0.15) is 0 Å². The molecule has 1 N–H and O–H groups in total. The number of nitrogens with zero attached hydrogens (tertiary/aromatic N) is 1. The van der Waals surface area contributed by atoms with Crippen molar-refractivity contribution >= 4 is 0 Å². The minimum absolute atomic E-state index is 0.00745. The molecule has 1 aromatic heterocycles. The van der Waals surface area contributed by atoms with Gasteiger partial charge in [-0.15, -0.1) is 0 Å². The fraction of sp³-hybridized carbons (Fsp3) is 0.105. The predicted octanol–water partition coefficient (Wildman–Crippen LogP) is 3.82. The van der Waals surface area contributed by atoms with E-state index in [0.29, 0.717) is 6.61 Å².